The number of hydrogen-bond acceptors (Lipinski definition) is 1. The van der Waals surface area contributed by atoms with E-state index in [-0.39, 0.29) is 17.0 Å². The van der Waals surface area contributed by atoms with Crippen molar-refractivity contribution in [1.29, 1.82) is 0 Å². The van der Waals surface area contributed by atoms with E-state index in [9.17, 15) is 17.6 Å². The summed E-state index contributed by atoms with van der Waals surface area (Å²) in [6.45, 7) is 2.15. The second-order valence-electron chi connectivity index (χ2n) is 9.11. The topological polar surface area (TPSA) is 9.23 Å². The van der Waals surface area contributed by atoms with Crippen LogP contribution in [0.5, 0.6) is 5.75 Å². The molecule has 0 radical (unpaired) electrons. The van der Waals surface area contributed by atoms with E-state index in [0.29, 0.717) is 23.6 Å². The summed E-state index contributed by atoms with van der Waals surface area (Å²) in [7, 11) is 0. The molecule has 7 heteroatoms. The van der Waals surface area contributed by atoms with Crippen molar-refractivity contribution < 1.29 is 31.1 Å². The Kier molecular flexibility index (Phi) is 7.43. The molecule has 1 aliphatic rings. The van der Waals surface area contributed by atoms with Crippen LogP contribution in [0, 0.1) is 29.2 Å². The fourth-order valence-corrected chi connectivity index (χ4v) is 4.91. The monoisotopic (exact) mass is 492 g/mol. The van der Waals surface area contributed by atoms with Gasteiger partial charge in [0.1, 0.15) is 11.6 Å². The van der Waals surface area contributed by atoms with E-state index in [1.165, 1.54) is 36.8 Å². The number of halogens is 6. The maximum absolute atomic E-state index is 15.1. The minimum Gasteiger partial charge on any atom is -0.428 e. The molecule has 1 nitrogen and oxygen atoms in total. The van der Waals surface area contributed by atoms with Crippen molar-refractivity contribution >= 4 is 0 Å². The number of rotatable bonds is 7. The molecule has 0 N–H and O–H groups in total. The first-order valence-electron chi connectivity index (χ1n) is 11.8. The summed E-state index contributed by atoms with van der Waals surface area (Å²) < 4.78 is 90.6. The third-order valence-corrected chi connectivity index (χ3v) is 6.74. The highest BCUT2D eigenvalue weighted by atomic mass is 19.3. The van der Waals surface area contributed by atoms with Crippen LogP contribution in [-0.4, -0.2) is 0 Å². The lowest BCUT2D eigenvalue weighted by Gasteiger charge is -2.29. The molecule has 0 aliphatic heterocycles. The highest BCUT2D eigenvalue weighted by molar-refractivity contribution is 5.70. The van der Waals surface area contributed by atoms with E-state index in [0.717, 1.165) is 44.2 Å². The maximum Gasteiger partial charge on any atom is 0.429 e. The van der Waals surface area contributed by atoms with Gasteiger partial charge >= 0.3 is 6.11 Å². The zero-order valence-electron chi connectivity index (χ0n) is 19.3. The first kappa shape index (κ1) is 25.1. The second kappa shape index (κ2) is 10.3. The summed E-state index contributed by atoms with van der Waals surface area (Å²) in [5, 5.41) is 0. The van der Waals surface area contributed by atoms with Crippen LogP contribution < -0.4 is 4.74 Å². The maximum atomic E-state index is 15.1. The minimum atomic E-state index is -4.06. The average molecular weight is 493 g/mol. The van der Waals surface area contributed by atoms with Crippen molar-refractivity contribution in [3.8, 4) is 16.9 Å². The molecule has 1 aliphatic carbocycles. The molecule has 0 saturated heterocycles. The molecular weight excluding hydrogens is 466 g/mol. The van der Waals surface area contributed by atoms with E-state index in [1.54, 1.807) is 0 Å². The summed E-state index contributed by atoms with van der Waals surface area (Å²) >= 11 is 0. The van der Waals surface area contributed by atoms with Crippen LogP contribution in [0.4, 0.5) is 26.3 Å². The number of ether oxygens (including phenoxy) is 1. The third-order valence-electron chi connectivity index (χ3n) is 6.74. The zero-order chi connectivity index (χ0) is 25.2. The van der Waals surface area contributed by atoms with Crippen LogP contribution in [0.15, 0.2) is 54.6 Å². The number of alkyl halides is 2. The largest absolute Gasteiger partial charge is 0.429 e. The normalized spacial score (nSPS) is 18.5. The fourth-order valence-electron chi connectivity index (χ4n) is 4.91. The fraction of sp³-hybridized carbons (Fsp3) is 0.357. The lowest BCUT2D eigenvalue weighted by atomic mass is 9.77. The van der Waals surface area contributed by atoms with Crippen molar-refractivity contribution in [2.45, 2.75) is 57.5 Å². The van der Waals surface area contributed by atoms with Gasteiger partial charge in [0, 0.05) is 5.56 Å². The first-order valence-corrected chi connectivity index (χ1v) is 11.8. The molecule has 0 heterocycles. The summed E-state index contributed by atoms with van der Waals surface area (Å²) in [6.07, 6.45) is 2.12. The Morgan fingerprint density at radius 3 is 2.11 bits per heavy atom. The molecule has 3 aromatic rings. The van der Waals surface area contributed by atoms with Gasteiger partial charge in [0.15, 0.2) is 17.5 Å². The Balaban J connectivity index is 1.57. The molecule has 0 atom stereocenters. The molecule has 186 valence electrons. The van der Waals surface area contributed by atoms with Gasteiger partial charge < -0.3 is 4.74 Å². The quantitative estimate of drug-likeness (QED) is 0.236. The van der Waals surface area contributed by atoms with E-state index in [1.807, 2.05) is 0 Å². The van der Waals surface area contributed by atoms with Crippen LogP contribution in [-0.2, 0) is 6.11 Å². The first-order chi connectivity index (χ1) is 16.7. The van der Waals surface area contributed by atoms with Gasteiger partial charge in [-0.1, -0.05) is 44.0 Å². The molecule has 1 fully saturated rings. The third kappa shape index (κ3) is 5.49. The molecular formula is C28H26F6O. The van der Waals surface area contributed by atoms with Crippen molar-refractivity contribution in [2.24, 2.45) is 5.92 Å². The number of hydrogen-bond donors (Lipinski definition) is 0. The van der Waals surface area contributed by atoms with Crippen molar-refractivity contribution in [3.05, 3.63) is 89.0 Å². The second-order valence-corrected chi connectivity index (χ2v) is 9.11. The van der Waals surface area contributed by atoms with Crippen molar-refractivity contribution in [1.82, 2.24) is 0 Å². The molecule has 35 heavy (non-hydrogen) atoms. The highest BCUT2D eigenvalue weighted by Crippen LogP contribution is 2.41. The van der Waals surface area contributed by atoms with Gasteiger partial charge in [-0.05, 0) is 79.0 Å². The van der Waals surface area contributed by atoms with Crippen LogP contribution in [0.3, 0.4) is 0 Å². The lowest BCUT2D eigenvalue weighted by molar-refractivity contribution is -0.187. The van der Waals surface area contributed by atoms with E-state index >= 15 is 8.78 Å². The Morgan fingerprint density at radius 2 is 1.49 bits per heavy atom. The summed E-state index contributed by atoms with van der Waals surface area (Å²) in [5.41, 5.74) is -0.532. The zero-order valence-corrected chi connectivity index (χ0v) is 19.3. The van der Waals surface area contributed by atoms with Gasteiger partial charge in [-0.3, -0.25) is 0 Å². The number of benzene rings is 3. The molecule has 0 bridgehead atoms. The summed E-state index contributed by atoms with van der Waals surface area (Å²) in [5.74, 6) is -5.32. The summed E-state index contributed by atoms with van der Waals surface area (Å²) in [6, 6.07) is 10.4. The number of para-hydroxylation sites is 1. The Labute approximate surface area is 200 Å². The molecule has 4 rings (SSSR count). The molecule has 0 aromatic heterocycles. The molecule has 3 aromatic carbocycles. The Hall–Kier alpha value is -2.96. The lowest BCUT2D eigenvalue weighted by Crippen LogP contribution is -2.24. The van der Waals surface area contributed by atoms with Crippen molar-refractivity contribution in [2.75, 3.05) is 0 Å². The minimum absolute atomic E-state index is 0.0918. The van der Waals surface area contributed by atoms with Crippen LogP contribution in [0.1, 0.15) is 62.5 Å². The van der Waals surface area contributed by atoms with E-state index < -0.39 is 40.7 Å². The van der Waals surface area contributed by atoms with Gasteiger partial charge in [0.05, 0.1) is 5.56 Å². The predicted octanol–water partition coefficient (Wildman–Crippen LogP) is 9.11. The Bertz CT molecular complexity index is 1160. The smallest absolute Gasteiger partial charge is 0.428 e. The SMILES string of the molecule is CCC[C@H]1CC[C@H](c2ccc(C(F)(F)Oc3ccccc3-c3cc(F)c(F)c(F)c3)c(F)c2)CC1. The van der Waals surface area contributed by atoms with Crippen LogP contribution in [0.2, 0.25) is 0 Å². The van der Waals surface area contributed by atoms with Gasteiger partial charge in [-0.2, -0.15) is 8.78 Å². The highest BCUT2D eigenvalue weighted by Gasteiger charge is 2.39. The van der Waals surface area contributed by atoms with Crippen LogP contribution in [0.25, 0.3) is 11.1 Å². The standard InChI is InChI=1S/C28H26F6O/c1-2-5-17-8-10-18(11-9-17)19-12-13-22(23(29)14-19)28(33,34)35-26-7-4-3-6-21(26)20-15-24(30)27(32)25(31)16-20/h3-4,6-7,12-18H,2,5,8-11H2,1H3/t17-,18-. The average Bonchev–Trinajstić information content (AvgIpc) is 2.83. The van der Waals surface area contributed by atoms with Gasteiger partial charge in [-0.25, -0.2) is 17.6 Å². The predicted molar refractivity (Wildman–Crippen MR) is 122 cm³/mol. The molecule has 1 saturated carbocycles. The molecule has 0 amide bonds. The van der Waals surface area contributed by atoms with Gasteiger partial charge in [0.25, 0.3) is 0 Å². The summed E-state index contributed by atoms with van der Waals surface area (Å²) in [4.78, 5) is 0. The van der Waals surface area contributed by atoms with Crippen molar-refractivity contribution in [3.63, 3.8) is 0 Å². The van der Waals surface area contributed by atoms with E-state index in [4.69, 9.17) is 4.74 Å². The van der Waals surface area contributed by atoms with Gasteiger partial charge in [0.2, 0.25) is 0 Å². The Morgan fingerprint density at radius 1 is 0.829 bits per heavy atom. The van der Waals surface area contributed by atoms with Gasteiger partial charge in [-0.15, -0.1) is 0 Å². The van der Waals surface area contributed by atoms with Crippen LogP contribution >= 0.6 is 0 Å². The molecule has 0 spiro atoms. The molecule has 0 unspecified atom stereocenters. The van der Waals surface area contributed by atoms with E-state index in [2.05, 4.69) is 6.92 Å².